The van der Waals surface area contributed by atoms with E-state index in [4.69, 9.17) is 4.74 Å². The summed E-state index contributed by atoms with van der Waals surface area (Å²) in [6.45, 7) is 4.49. The summed E-state index contributed by atoms with van der Waals surface area (Å²) in [5.41, 5.74) is 1.16. The van der Waals surface area contributed by atoms with Gasteiger partial charge >= 0.3 is 0 Å². The molecule has 2 fully saturated rings. The zero-order valence-electron chi connectivity index (χ0n) is 17.2. The van der Waals surface area contributed by atoms with Gasteiger partial charge in [-0.05, 0) is 37.3 Å². The molecule has 0 spiro atoms. The van der Waals surface area contributed by atoms with Crippen LogP contribution in [0, 0.1) is 0 Å². The van der Waals surface area contributed by atoms with Crippen molar-refractivity contribution in [1.82, 2.24) is 15.6 Å². The predicted molar refractivity (Wildman–Crippen MR) is 127 cm³/mol. The maximum Gasteiger partial charge on any atom is 0.191 e. The number of aromatic nitrogens is 1. The van der Waals surface area contributed by atoms with Crippen molar-refractivity contribution in [3.05, 3.63) is 23.9 Å². The van der Waals surface area contributed by atoms with E-state index < -0.39 is 0 Å². The predicted octanol–water partition coefficient (Wildman–Crippen LogP) is 3.70. The summed E-state index contributed by atoms with van der Waals surface area (Å²) in [5.74, 6) is 1.90. The zero-order chi connectivity index (χ0) is 18.7. The summed E-state index contributed by atoms with van der Waals surface area (Å²) in [5, 5.41) is 6.69. The Kier molecular flexibility index (Phi) is 10.9. The van der Waals surface area contributed by atoms with Crippen molar-refractivity contribution < 1.29 is 4.74 Å². The average molecular weight is 501 g/mol. The van der Waals surface area contributed by atoms with E-state index in [2.05, 4.69) is 37.6 Å². The zero-order valence-corrected chi connectivity index (χ0v) is 19.5. The lowest BCUT2D eigenvalue weighted by Gasteiger charge is -2.17. The van der Waals surface area contributed by atoms with Crippen LogP contribution >= 0.6 is 24.0 Å². The van der Waals surface area contributed by atoms with Gasteiger partial charge in [-0.1, -0.05) is 31.7 Å². The summed E-state index contributed by atoms with van der Waals surface area (Å²) in [7, 11) is 1.80. The first-order chi connectivity index (χ1) is 13.3. The van der Waals surface area contributed by atoms with Gasteiger partial charge in [0.05, 0.1) is 12.7 Å². The van der Waals surface area contributed by atoms with E-state index in [-0.39, 0.29) is 24.0 Å². The van der Waals surface area contributed by atoms with E-state index in [1.54, 1.807) is 7.05 Å². The molecule has 0 bridgehead atoms. The van der Waals surface area contributed by atoms with E-state index in [9.17, 15) is 0 Å². The van der Waals surface area contributed by atoms with Crippen molar-refractivity contribution >= 4 is 35.8 Å². The minimum atomic E-state index is 0. The molecule has 0 atom stereocenters. The molecule has 2 aliphatic rings. The van der Waals surface area contributed by atoms with Gasteiger partial charge in [-0.25, -0.2) is 4.98 Å². The lowest BCUT2D eigenvalue weighted by molar-refractivity contribution is 0.0468. The molecule has 1 aromatic rings. The van der Waals surface area contributed by atoms with Gasteiger partial charge in [0.15, 0.2) is 5.96 Å². The van der Waals surface area contributed by atoms with Crippen molar-refractivity contribution in [3.8, 4) is 0 Å². The van der Waals surface area contributed by atoms with Crippen LogP contribution in [0.4, 0.5) is 5.82 Å². The average Bonchev–Trinajstić information content (AvgIpc) is 3.12. The van der Waals surface area contributed by atoms with Crippen molar-refractivity contribution in [3.63, 3.8) is 0 Å². The molecule has 7 heteroatoms. The van der Waals surface area contributed by atoms with E-state index in [0.29, 0.717) is 6.10 Å². The van der Waals surface area contributed by atoms with Gasteiger partial charge in [0.1, 0.15) is 5.82 Å². The quantitative estimate of drug-likeness (QED) is 0.196. The Labute approximate surface area is 186 Å². The van der Waals surface area contributed by atoms with Gasteiger partial charge in [-0.2, -0.15) is 0 Å². The van der Waals surface area contributed by atoms with E-state index in [1.165, 1.54) is 51.4 Å². The number of ether oxygens (including phenoxy) is 1. The maximum atomic E-state index is 6.02. The number of nitrogens with one attached hydrogen (secondary N) is 2. The van der Waals surface area contributed by atoms with Gasteiger partial charge in [0.25, 0.3) is 0 Å². The number of pyridine rings is 1. The Balaban J connectivity index is 0.00000280. The molecule has 1 aliphatic carbocycles. The SMILES string of the molecule is CN=C(NCCOC1CCCCCC1)NCc1ccc(N2CCCC2)nc1.I. The summed E-state index contributed by atoms with van der Waals surface area (Å²) < 4.78 is 6.02. The number of halogens is 1. The highest BCUT2D eigenvalue weighted by Gasteiger charge is 2.13. The first-order valence-corrected chi connectivity index (χ1v) is 10.6. The number of aliphatic imine (C=N–C) groups is 1. The number of anilines is 1. The second-order valence-corrected chi connectivity index (χ2v) is 7.56. The third kappa shape index (κ3) is 7.73. The fourth-order valence-corrected chi connectivity index (χ4v) is 3.86. The standard InChI is InChI=1S/C21H35N5O.HI/c1-22-21(23-12-15-27-19-8-4-2-3-5-9-19)25-17-18-10-11-20(24-16-18)26-13-6-7-14-26;/h10-11,16,19H,2-9,12-15,17H2,1H3,(H2,22,23,25);1H. The smallest absolute Gasteiger partial charge is 0.191 e. The van der Waals surface area contributed by atoms with Crippen molar-refractivity contribution in [2.24, 2.45) is 4.99 Å². The normalized spacial score (nSPS) is 18.5. The molecular weight excluding hydrogens is 465 g/mol. The molecule has 1 saturated carbocycles. The van der Waals surface area contributed by atoms with Crippen LogP contribution in [-0.4, -0.2) is 50.3 Å². The summed E-state index contributed by atoms with van der Waals surface area (Å²) in [4.78, 5) is 11.3. The van der Waals surface area contributed by atoms with E-state index >= 15 is 0 Å². The van der Waals surface area contributed by atoms with Crippen LogP contribution in [0.2, 0.25) is 0 Å². The van der Waals surface area contributed by atoms with Crippen molar-refractivity contribution in [2.75, 3.05) is 38.2 Å². The molecule has 28 heavy (non-hydrogen) atoms. The topological polar surface area (TPSA) is 61.8 Å². The van der Waals surface area contributed by atoms with Crippen molar-refractivity contribution in [2.45, 2.75) is 64.0 Å². The molecular formula is C21H36IN5O. The van der Waals surface area contributed by atoms with Crippen molar-refractivity contribution in [1.29, 1.82) is 0 Å². The highest BCUT2D eigenvalue weighted by molar-refractivity contribution is 14.0. The lowest BCUT2D eigenvalue weighted by atomic mass is 10.1. The van der Waals surface area contributed by atoms with Crippen LogP contribution in [0.1, 0.15) is 56.9 Å². The second-order valence-electron chi connectivity index (χ2n) is 7.56. The summed E-state index contributed by atoms with van der Waals surface area (Å²) >= 11 is 0. The second kappa shape index (κ2) is 13.2. The highest BCUT2D eigenvalue weighted by Crippen LogP contribution is 2.19. The Morgan fingerprint density at radius 1 is 1.11 bits per heavy atom. The lowest BCUT2D eigenvalue weighted by Crippen LogP contribution is -2.39. The molecule has 2 heterocycles. The molecule has 0 amide bonds. The van der Waals surface area contributed by atoms with Crippen LogP contribution in [0.5, 0.6) is 0 Å². The Bertz CT molecular complexity index is 567. The van der Waals surface area contributed by atoms with E-state index in [0.717, 1.165) is 50.1 Å². The van der Waals surface area contributed by atoms with Crippen LogP contribution in [-0.2, 0) is 11.3 Å². The molecule has 2 N–H and O–H groups in total. The van der Waals surface area contributed by atoms with Gasteiger partial charge in [0, 0.05) is 39.4 Å². The van der Waals surface area contributed by atoms with Crippen LogP contribution < -0.4 is 15.5 Å². The third-order valence-electron chi connectivity index (χ3n) is 5.47. The van der Waals surface area contributed by atoms with Crippen LogP contribution in [0.3, 0.4) is 0 Å². The maximum absolute atomic E-state index is 6.02. The van der Waals surface area contributed by atoms with Crippen LogP contribution in [0.25, 0.3) is 0 Å². The summed E-state index contributed by atoms with van der Waals surface area (Å²) in [6, 6.07) is 4.27. The Morgan fingerprint density at radius 2 is 1.86 bits per heavy atom. The fraction of sp³-hybridized carbons (Fsp3) is 0.714. The third-order valence-corrected chi connectivity index (χ3v) is 5.47. The van der Waals surface area contributed by atoms with Gasteiger partial charge in [-0.3, -0.25) is 4.99 Å². The Morgan fingerprint density at radius 3 is 2.50 bits per heavy atom. The molecule has 0 unspecified atom stereocenters. The molecule has 1 saturated heterocycles. The monoisotopic (exact) mass is 501 g/mol. The molecule has 0 radical (unpaired) electrons. The number of hydrogen-bond donors (Lipinski definition) is 2. The number of nitrogens with zero attached hydrogens (tertiary/aromatic N) is 3. The number of rotatable bonds is 7. The van der Waals surface area contributed by atoms with Gasteiger partial charge in [0.2, 0.25) is 0 Å². The summed E-state index contributed by atoms with van der Waals surface area (Å²) in [6.07, 6.45) is 12.7. The van der Waals surface area contributed by atoms with Gasteiger partial charge in [-0.15, -0.1) is 24.0 Å². The Hall–Kier alpha value is -1.09. The molecule has 1 aliphatic heterocycles. The minimum Gasteiger partial charge on any atom is -0.376 e. The van der Waals surface area contributed by atoms with Crippen LogP contribution in [0.15, 0.2) is 23.3 Å². The molecule has 3 rings (SSSR count). The first kappa shape index (κ1) is 23.2. The molecule has 6 nitrogen and oxygen atoms in total. The highest BCUT2D eigenvalue weighted by atomic mass is 127. The first-order valence-electron chi connectivity index (χ1n) is 10.6. The molecule has 0 aromatic carbocycles. The minimum absolute atomic E-state index is 0. The molecule has 1 aromatic heterocycles. The number of guanidine groups is 1. The van der Waals surface area contributed by atoms with E-state index in [1.807, 2.05) is 6.20 Å². The largest absolute Gasteiger partial charge is 0.376 e. The number of hydrogen-bond acceptors (Lipinski definition) is 4. The van der Waals surface area contributed by atoms with Gasteiger partial charge < -0.3 is 20.3 Å². The molecule has 158 valence electrons. The fourth-order valence-electron chi connectivity index (χ4n) is 3.86.